The molecular formula is C22H25ClN2. The third-order valence-electron chi connectivity index (χ3n) is 6.71. The first-order chi connectivity index (χ1) is 11.9. The van der Waals surface area contributed by atoms with Gasteiger partial charge in [-0.15, -0.1) is 12.4 Å². The van der Waals surface area contributed by atoms with Crippen molar-refractivity contribution in [3.05, 3.63) is 59.2 Å². The van der Waals surface area contributed by atoms with Crippen LogP contribution in [0.3, 0.4) is 0 Å². The van der Waals surface area contributed by atoms with Gasteiger partial charge in [0.25, 0.3) is 0 Å². The summed E-state index contributed by atoms with van der Waals surface area (Å²) in [5.74, 6) is 0.695. The van der Waals surface area contributed by atoms with Gasteiger partial charge in [0.15, 0.2) is 0 Å². The fraction of sp³-hybridized carbons (Fsp3) is 0.455. The minimum atomic E-state index is 0. The van der Waals surface area contributed by atoms with Crippen LogP contribution in [-0.2, 0) is 12.8 Å². The molecule has 0 radical (unpaired) electrons. The molecule has 2 nitrogen and oxygen atoms in total. The molecule has 2 atom stereocenters. The van der Waals surface area contributed by atoms with Crippen LogP contribution < -0.4 is 4.90 Å². The highest BCUT2D eigenvalue weighted by Gasteiger charge is 2.46. The highest BCUT2D eigenvalue weighted by atomic mass is 35.5. The lowest BCUT2D eigenvalue weighted by Crippen LogP contribution is -2.45. The Morgan fingerprint density at radius 3 is 2.52 bits per heavy atom. The number of hydrogen-bond acceptors (Lipinski definition) is 2. The lowest BCUT2D eigenvalue weighted by Gasteiger charge is -2.39. The van der Waals surface area contributed by atoms with E-state index in [9.17, 15) is 0 Å². The summed E-state index contributed by atoms with van der Waals surface area (Å²) in [6.07, 6.45) is 6.52. The van der Waals surface area contributed by atoms with Gasteiger partial charge in [0.1, 0.15) is 0 Å². The second-order valence-electron chi connectivity index (χ2n) is 8.04. The Bertz CT molecular complexity index is 813. The summed E-state index contributed by atoms with van der Waals surface area (Å²) >= 11 is 0. The van der Waals surface area contributed by atoms with E-state index in [1.54, 1.807) is 16.8 Å². The molecule has 1 saturated heterocycles. The first kappa shape index (κ1) is 15.7. The second kappa shape index (κ2) is 5.75. The predicted octanol–water partition coefficient (Wildman–Crippen LogP) is 4.68. The largest absolute Gasteiger partial charge is 0.337 e. The summed E-state index contributed by atoms with van der Waals surface area (Å²) in [6.45, 7) is 2.55. The molecule has 6 rings (SSSR count). The first-order valence-electron chi connectivity index (χ1n) is 9.63. The van der Waals surface area contributed by atoms with Crippen molar-refractivity contribution in [3.8, 4) is 0 Å². The van der Waals surface area contributed by atoms with Gasteiger partial charge in [0.2, 0.25) is 0 Å². The molecule has 3 heterocycles. The van der Waals surface area contributed by atoms with Gasteiger partial charge < -0.3 is 4.90 Å². The number of hydrogen-bond donors (Lipinski definition) is 0. The predicted molar refractivity (Wildman–Crippen MR) is 105 cm³/mol. The standard InChI is InChI=1S/C22H24N2.ClH/c1-2-7-20-15(4-1)8-9-16-5-3-6-18-19-14-23(17-10-11-17)13-12-21(19)24(20)22(16)18;/h1-7,17,19,21H,8-14H2;1H. The number of halogens is 1. The van der Waals surface area contributed by atoms with Crippen LogP contribution in [0.4, 0.5) is 11.4 Å². The molecule has 1 saturated carbocycles. The minimum Gasteiger partial charge on any atom is -0.337 e. The Labute approximate surface area is 156 Å². The maximum Gasteiger partial charge on any atom is 0.0483 e. The molecule has 0 spiro atoms. The minimum absolute atomic E-state index is 0. The van der Waals surface area contributed by atoms with Crippen LogP contribution in [-0.4, -0.2) is 30.1 Å². The summed E-state index contributed by atoms with van der Waals surface area (Å²) in [5.41, 5.74) is 7.77. The zero-order valence-corrected chi connectivity index (χ0v) is 15.3. The average Bonchev–Trinajstić information content (AvgIpc) is 3.43. The zero-order valence-electron chi connectivity index (χ0n) is 14.5. The molecular weight excluding hydrogens is 328 g/mol. The summed E-state index contributed by atoms with van der Waals surface area (Å²) in [6, 6.07) is 17.8. The monoisotopic (exact) mass is 352 g/mol. The molecule has 4 aliphatic rings. The van der Waals surface area contributed by atoms with Crippen LogP contribution >= 0.6 is 12.4 Å². The molecule has 3 aliphatic heterocycles. The topological polar surface area (TPSA) is 6.48 Å². The fourth-order valence-corrected chi connectivity index (χ4v) is 5.45. The zero-order chi connectivity index (χ0) is 15.7. The Kier molecular flexibility index (Phi) is 3.62. The molecule has 3 heteroatoms. The number of benzene rings is 2. The van der Waals surface area contributed by atoms with Crippen LogP contribution in [0.1, 0.15) is 41.9 Å². The third-order valence-corrected chi connectivity index (χ3v) is 6.71. The van der Waals surface area contributed by atoms with E-state index in [0.29, 0.717) is 12.0 Å². The number of piperidine rings is 1. The Hall–Kier alpha value is -1.51. The van der Waals surface area contributed by atoms with Gasteiger partial charge in [-0.05, 0) is 54.9 Å². The van der Waals surface area contributed by atoms with Crippen LogP contribution in [0.25, 0.3) is 0 Å². The molecule has 1 aliphatic carbocycles. The molecule has 2 unspecified atom stereocenters. The van der Waals surface area contributed by atoms with Gasteiger partial charge in [0, 0.05) is 42.5 Å². The van der Waals surface area contributed by atoms with E-state index in [4.69, 9.17) is 0 Å². The van der Waals surface area contributed by atoms with E-state index in [1.807, 2.05) is 0 Å². The van der Waals surface area contributed by atoms with Crippen molar-refractivity contribution in [1.29, 1.82) is 0 Å². The highest BCUT2D eigenvalue weighted by molar-refractivity contribution is 5.85. The molecule has 2 aromatic rings. The number of nitrogens with zero attached hydrogens (tertiary/aromatic N) is 2. The van der Waals surface area contributed by atoms with Crippen molar-refractivity contribution in [3.63, 3.8) is 0 Å². The molecule has 0 N–H and O–H groups in total. The van der Waals surface area contributed by atoms with Crippen LogP contribution in [0.15, 0.2) is 42.5 Å². The SMILES string of the molecule is Cl.c1ccc2c(c1)CCc1cccc3c1N2C1CCN(C2CC2)CC31. The molecule has 130 valence electrons. The van der Waals surface area contributed by atoms with Crippen molar-refractivity contribution >= 4 is 23.8 Å². The first-order valence-corrected chi connectivity index (χ1v) is 9.63. The number of para-hydroxylation sites is 2. The maximum atomic E-state index is 2.78. The Balaban J connectivity index is 0.00000140. The summed E-state index contributed by atoms with van der Waals surface area (Å²) in [7, 11) is 0. The van der Waals surface area contributed by atoms with Crippen LogP contribution in [0, 0.1) is 0 Å². The maximum absolute atomic E-state index is 2.78. The summed E-state index contributed by atoms with van der Waals surface area (Å²) in [4.78, 5) is 5.51. The highest BCUT2D eigenvalue weighted by Crippen LogP contribution is 2.52. The Morgan fingerprint density at radius 1 is 0.840 bits per heavy atom. The molecule has 25 heavy (non-hydrogen) atoms. The van der Waals surface area contributed by atoms with Crippen LogP contribution in [0.2, 0.25) is 0 Å². The van der Waals surface area contributed by atoms with Crippen molar-refractivity contribution in [1.82, 2.24) is 4.90 Å². The Morgan fingerprint density at radius 2 is 1.64 bits per heavy atom. The third kappa shape index (κ3) is 2.27. The van der Waals surface area contributed by atoms with E-state index in [2.05, 4.69) is 52.3 Å². The molecule has 0 aromatic heterocycles. The quantitative estimate of drug-likeness (QED) is 0.735. The number of rotatable bonds is 1. The van der Waals surface area contributed by atoms with Gasteiger partial charge in [0.05, 0.1) is 0 Å². The van der Waals surface area contributed by atoms with Gasteiger partial charge in [-0.3, -0.25) is 4.90 Å². The van der Waals surface area contributed by atoms with Crippen LogP contribution in [0.5, 0.6) is 0 Å². The van der Waals surface area contributed by atoms with E-state index in [0.717, 1.165) is 6.04 Å². The molecule has 0 bridgehead atoms. The van der Waals surface area contributed by atoms with E-state index < -0.39 is 0 Å². The van der Waals surface area contributed by atoms with Crippen molar-refractivity contribution in [2.24, 2.45) is 0 Å². The number of anilines is 2. The normalized spacial score (nSPS) is 27.0. The van der Waals surface area contributed by atoms with Crippen molar-refractivity contribution < 1.29 is 0 Å². The van der Waals surface area contributed by atoms with Gasteiger partial charge in [-0.25, -0.2) is 0 Å². The smallest absolute Gasteiger partial charge is 0.0483 e. The van der Waals surface area contributed by atoms with Gasteiger partial charge in [-0.2, -0.15) is 0 Å². The van der Waals surface area contributed by atoms with E-state index in [-0.39, 0.29) is 12.4 Å². The molecule has 0 amide bonds. The van der Waals surface area contributed by atoms with Crippen molar-refractivity contribution in [2.45, 2.75) is 50.1 Å². The van der Waals surface area contributed by atoms with E-state index >= 15 is 0 Å². The number of likely N-dealkylation sites (tertiary alicyclic amines) is 1. The summed E-state index contributed by atoms with van der Waals surface area (Å²) < 4.78 is 0. The molecule has 2 aromatic carbocycles. The number of aryl methyl sites for hydroxylation is 2. The number of fused-ring (bicyclic) bond motifs is 5. The molecule has 2 fully saturated rings. The van der Waals surface area contributed by atoms with Crippen molar-refractivity contribution in [2.75, 3.05) is 18.0 Å². The lowest BCUT2D eigenvalue weighted by molar-refractivity contribution is 0.188. The fourth-order valence-electron chi connectivity index (χ4n) is 5.45. The summed E-state index contributed by atoms with van der Waals surface area (Å²) in [5, 5.41) is 0. The van der Waals surface area contributed by atoms with Gasteiger partial charge >= 0.3 is 0 Å². The van der Waals surface area contributed by atoms with Gasteiger partial charge in [-0.1, -0.05) is 36.4 Å². The second-order valence-corrected chi connectivity index (χ2v) is 8.04. The van der Waals surface area contributed by atoms with E-state index in [1.165, 1.54) is 56.4 Å². The average molecular weight is 353 g/mol. The lowest BCUT2D eigenvalue weighted by atomic mass is 9.87.